The number of aromatic nitrogens is 2. The van der Waals surface area contributed by atoms with Crippen molar-refractivity contribution in [2.24, 2.45) is 0 Å². The van der Waals surface area contributed by atoms with Crippen molar-refractivity contribution in [2.75, 3.05) is 0 Å². The van der Waals surface area contributed by atoms with Gasteiger partial charge in [0.05, 0.1) is 4.92 Å². The molecule has 1 aromatic carbocycles. The van der Waals surface area contributed by atoms with E-state index in [1.165, 1.54) is 36.7 Å². The van der Waals surface area contributed by atoms with Crippen LogP contribution in [-0.2, 0) is 0 Å². The van der Waals surface area contributed by atoms with Gasteiger partial charge in [-0.2, -0.15) is 5.10 Å². The predicted molar refractivity (Wildman–Crippen MR) is 55.1 cm³/mol. The van der Waals surface area contributed by atoms with Crippen LogP contribution in [0.25, 0.3) is 0 Å². The Balaban J connectivity index is 2.38. The highest BCUT2D eigenvalue weighted by atomic mass is 16.6. The molecule has 0 atom stereocenters. The van der Waals surface area contributed by atoms with Gasteiger partial charge in [0.15, 0.2) is 0 Å². The number of nitro benzene ring substituents is 1. The molecule has 0 fully saturated rings. The van der Waals surface area contributed by atoms with Gasteiger partial charge in [-0.1, -0.05) is 6.07 Å². The minimum absolute atomic E-state index is 0.113. The summed E-state index contributed by atoms with van der Waals surface area (Å²) in [6, 6.07) is 7.14. The first-order valence-corrected chi connectivity index (χ1v) is 4.47. The van der Waals surface area contributed by atoms with E-state index in [0.717, 1.165) is 4.68 Å². The Morgan fingerprint density at radius 1 is 1.38 bits per heavy atom. The predicted octanol–water partition coefficient (Wildman–Crippen LogP) is 1.48. The van der Waals surface area contributed by atoms with Gasteiger partial charge in [0.25, 0.3) is 11.6 Å². The SMILES string of the molecule is O=C(c1cccc([N+](=O)[O-])c1)n1cccn1. The molecule has 0 bridgehead atoms. The standard InChI is InChI=1S/C10H7N3O3/c14-10(12-6-2-5-11-12)8-3-1-4-9(7-8)13(15)16/h1-7H. The average molecular weight is 217 g/mol. The lowest BCUT2D eigenvalue weighted by molar-refractivity contribution is -0.384. The third kappa shape index (κ3) is 1.81. The molecule has 0 aliphatic carbocycles. The maximum atomic E-state index is 11.8. The molecule has 0 saturated carbocycles. The van der Waals surface area contributed by atoms with Crippen molar-refractivity contribution in [2.45, 2.75) is 0 Å². The molecule has 0 radical (unpaired) electrons. The summed E-state index contributed by atoms with van der Waals surface area (Å²) in [5.74, 6) is -0.395. The van der Waals surface area contributed by atoms with Crippen molar-refractivity contribution in [3.05, 3.63) is 58.4 Å². The van der Waals surface area contributed by atoms with Crippen molar-refractivity contribution in [3.63, 3.8) is 0 Å². The Morgan fingerprint density at radius 3 is 2.81 bits per heavy atom. The minimum atomic E-state index is -0.542. The second-order valence-corrected chi connectivity index (χ2v) is 3.06. The molecular formula is C10H7N3O3. The van der Waals surface area contributed by atoms with Crippen LogP contribution in [0.1, 0.15) is 10.4 Å². The van der Waals surface area contributed by atoms with Crippen LogP contribution in [0.15, 0.2) is 42.7 Å². The minimum Gasteiger partial charge on any atom is -0.267 e. The molecule has 1 heterocycles. The quantitative estimate of drug-likeness (QED) is 0.563. The molecule has 80 valence electrons. The van der Waals surface area contributed by atoms with E-state index in [9.17, 15) is 14.9 Å². The molecule has 6 heteroatoms. The number of nitrogens with zero attached hydrogens (tertiary/aromatic N) is 3. The topological polar surface area (TPSA) is 78.0 Å². The van der Waals surface area contributed by atoms with E-state index in [-0.39, 0.29) is 11.3 Å². The third-order valence-electron chi connectivity index (χ3n) is 2.02. The fourth-order valence-corrected chi connectivity index (χ4v) is 1.27. The Hall–Kier alpha value is -2.50. The van der Waals surface area contributed by atoms with Crippen LogP contribution in [0.5, 0.6) is 0 Å². The van der Waals surface area contributed by atoms with Crippen molar-refractivity contribution in [1.82, 2.24) is 9.78 Å². The molecule has 0 spiro atoms. The van der Waals surface area contributed by atoms with Crippen LogP contribution < -0.4 is 0 Å². The first kappa shape index (κ1) is 10.0. The number of rotatable bonds is 2. The maximum absolute atomic E-state index is 11.8. The molecule has 16 heavy (non-hydrogen) atoms. The lowest BCUT2D eigenvalue weighted by Crippen LogP contribution is -2.12. The fourth-order valence-electron chi connectivity index (χ4n) is 1.27. The van der Waals surface area contributed by atoms with Crippen molar-refractivity contribution < 1.29 is 9.72 Å². The van der Waals surface area contributed by atoms with Crippen LogP contribution in [-0.4, -0.2) is 20.6 Å². The van der Waals surface area contributed by atoms with E-state index in [4.69, 9.17) is 0 Å². The number of carbonyl (C=O) groups is 1. The molecule has 2 rings (SSSR count). The highest BCUT2D eigenvalue weighted by molar-refractivity contribution is 5.95. The van der Waals surface area contributed by atoms with Crippen molar-refractivity contribution in [3.8, 4) is 0 Å². The van der Waals surface area contributed by atoms with Gasteiger partial charge >= 0.3 is 0 Å². The maximum Gasteiger partial charge on any atom is 0.278 e. The second-order valence-electron chi connectivity index (χ2n) is 3.06. The van der Waals surface area contributed by atoms with Crippen molar-refractivity contribution in [1.29, 1.82) is 0 Å². The van der Waals surface area contributed by atoms with Gasteiger partial charge < -0.3 is 0 Å². The number of carbonyl (C=O) groups excluding carboxylic acids is 1. The summed E-state index contributed by atoms with van der Waals surface area (Å²) in [6.07, 6.45) is 2.95. The van der Waals surface area contributed by atoms with Gasteiger partial charge in [-0.25, -0.2) is 4.68 Å². The van der Waals surface area contributed by atoms with Crippen LogP contribution >= 0.6 is 0 Å². The summed E-state index contributed by atoms with van der Waals surface area (Å²) < 4.78 is 1.12. The summed E-state index contributed by atoms with van der Waals surface area (Å²) in [6.45, 7) is 0. The Labute approximate surface area is 90.3 Å². The molecule has 2 aromatic rings. The van der Waals surface area contributed by atoms with Gasteiger partial charge in [-0.3, -0.25) is 14.9 Å². The van der Waals surface area contributed by atoms with Crippen LogP contribution in [0, 0.1) is 10.1 Å². The molecule has 0 N–H and O–H groups in total. The van der Waals surface area contributed by atoms with E-state index in [1.807, 2.05) is 0 Å². The van der Waals surface area contributed by atoms with Gasteiger partial charge in [0.1, 0.15) is 0 Å². The largest absolute Gasteiger partial charge is 0.278 e. The number of hydrogen-bond acceptors (Lipinski definition) is 4. The molecule has 1 aromatic heterocycles. The fraction of sp³-hybridized carbons (Fsp3) is 0. The van der Waals surface area contributed by atoms with Crippen LogP contribution in [0.2, 0.25) is 0 Å². The highest BCUT2D eigenvalue weighted by Gasteiger charge is 2.12. The zero-order valence-electron chi connectivity index (χ0n) is 8.11. The number of benzene rings is 1. The summed E-state index contributed by atoms with van der Waals surface area (Å²) in [7, 11) is 0. The van der Waals surface area contributed by atoms with E-state index < -0.39 is 10.8 Å². The Bertz CT molecular complexity index is 534. The summed E-state index contributed by atoms with van der Waals surface area (Å²) >= 11 is 0. The molecule has 0 unspecified atom stereocenters. The molecule has 0 aliphatic heterocycles. The van der Waals surface area contributed by atoms with Crippen molar-refractivity contribution >= 4 is 11.6 Å². The summed E-state index contributed by atoms with van der Waals surface area (Å²) in [5, 5.41) is 14.3. The molecule has 0 aliphatic rings. The van der Waals surface area contributed by atoms with Crippen LogP contribution in [0.4, 0.5) is 5.69 Å². The third-order valence-corrected chi connectivity index (χ3v) is 2.02. The number of non-ortho nitro benzene ring substituents is 1. The van der Waals surface area contributed by atoms with E-state index in [0.29, 0.717) is 0 Å². The first-order chi connectivity index (χ1) is 7.68. The lowest BCUT2D eigenvalue weighted by Gasteiger charge is -1.99. The smallest absolute Gasteiger partial charge is 0.267 e. The average Bonchev–Trinajstić information content (AvgIpc) is 2.81. The van der Waals surface area contributed by atoms with E-state index >= 15 is 0 Å². The molecule has 0 amide bonds. The number of hydrogen-bond donors (Lipinski definition) is 0. The molecular weight excluding hydrogens is 210 g/mol. The number of nitro groups is 1. The zero-order chi connectivity index (χ0) is 11.5. The summed E-state index contributed by atoms with van der Waals surface area (Å²) in [5.41, 5.74) is 0.121. The van der Waals surface area contributed by atoms with Gasteiger partial charge in [0.2, 0.25) is 0 Å². The van der Waals surface area contributed by atoms with E-state index in [2.05, 4.69) is 5.10 Å². The van der Waals surface area contributed by atoms with Gasteiger partial charge in [-0.05, 0) is 12.1 Å². The van der Waals surface area contributed by atoms with Crippen LogP contribution in [0.3, 0.4) is 0 Å². The zero-order valence-corrected chi connectivity index (χ0v) is 8.11. The molecule has 0 saturated heterocycles. The van der Waals surface area contributed by atoms with Gasteiger partial charge in [0, 0.05) is 30.1 Å². The Morgan fingerprint density at radius 2 is 2.19 bits per heavy atom. The monoisotopic (exact) mass is 217 g/mol. The van der Waals surface area contributed by atoms with E-state index in [1.54, 1.807) is 6.07 Å². The molecule has 6 nitrogen and oxygen atoms in total. The summed E-state index contributed by atoms with van der Waals surface area (Å²) in [4.78, 5) is 21.8. The van der Waals surface area contributed by atoms with Gasteiger partial charge in [-0.15, -0.1) is 0 Å². The normalized spacial score (nSPS) is 10.0. The first-order valence-electron chi connectivity index (χ1n) is 4.47. The lowest BCUT2D eigenvalue weighted by atomic mass is 10.2. The highest BCUT2D eigenvalue weighted by Crippen LogP contribution is 2.13. The second kappa shape index (κ2) is 3.93. The Kier molecular flexibility index (Phi) is 2.47.